The average molecular weight is 255 g/mol. The number of hydrogen-bond donors (Lipinski definition) is 2. The van der Waals surface area contributed by atoms with E-state index in [1.807, 2.05) is 18.5 Å². The first-order valence-corrected chi connectivity index (χ1v) is 6.38. The maximum absolute atomic E-state index is 9.17. The number of imidazole rings is 1. The molecule has 1 unspecified atom stereocenters. The second-order valence-electron chi connectivity index (χ2n) is 3.92. The molecule has 2 heterocycles. The molecule has 2 aromatic rings. The third-order valence-electron chi connectivity index (χ3n) is 2.71. The minimum atomic E-state index is -0.0383. The van der Waals surface area contributed by atoms with Crippen molar-refractivity contribution in [3.8, 4) is 0 Å². The van der Waals surface area contributed by atoms with Gasteiger partial charge in [-0.2, -0.15) is 0 Å². The molecule has 17 heavy (non-hydrogen) atoms. The number of nitrogens with zero attached hydrogens (tertiary/aromatic N) is 2. The minimum absolute atomic E-state index is 0.0383. The number of aliphatic hydroxyl groups is 1. The highest BCUT2D eigenvalue weighted by molar-refractivity contribution is 7.15. The van der Waals surface area contributed by atoms with Crippen molar-refractivity contribution >= 4 is 16.3 Å². The van der Waals surface area contributed by atoms with Crippen LogP contribution in [0.2, 0.25) is 0 Å². The number of thiazole rings is 1. The summed E-state index contributed by atoms with van der Waals surface area (Å²) in [5.74, 6) is 0. The molecule has 5 nitrogen and oxygen atoms in total. The van der Waals surface area contributed by atoms with Crippen LogP contribution in [-0.2, 0) is 11.3 Å². The van der Waals surface area contributed by atoms with Crippen molar-refractivity contribution in [3.63, 3.8) is 0 Å². The van der Waals surface area contributed by atoms with Crippen molar-refractivity contribution in [3.05, 3.63) is 23.0 Å². The summed E-state index contributed by atoms with van der Waals surface area (Å²) in [6.07, 6.45) is 2.02. The van der Waals surface area contributed by atoms with E-state index in [2.05, 4.69) is 14.7 Å². The minimum Gasteiger partial charge on any atom is -0.395 e. The quantitative estimate of drug-likeness (QED) is 0.801. The second-order valence-corrected chi connectivity index (χ2v) is 4.79. The summed E-state index contributed by atoms with van der Waals surface area (Å²) in [6, 6.07) is -0.0383. The lowest BCUT2D eigenvalue weighted by atomic mass is 10.3. The van der Waals surface area contributed by atoms with Crippen molar-refractivity contribution in [2.24, 2.45) is 0 Å². The van der Waals surface area contributed by atoms with Crippen molar-refractivity contribution in [1.29, 1.82) is 0 Å². The van der Waals surface area contributed by atoms with Gasteiger partial charge in [0.05, 0.1) is 30.6 Å². The van der Waals surface area contributed by atoms with Gasteiger partial charge in [-0.3, -0.25) is 4.40 Å². The zero-order valence-electron chi connectivity index (χ0n) is 10.0. The van der Waals surface area contributed by atoms with Crippen LogP contribution in [0.5, 0.6) is 0 Å². The second kappa shape index (κ2) is 5.59. The number of aryl methyl sites for hydroxylation is 1. The molecule has 0 aliphatic heterocycles. The van der Waals surface area contributed by atoms with E-state index in [-0.39, 0.29) is 12.6 Å². The third kappa shape index (κ3) is 2.66. The highest BCUT2D eigenvalue weighted by atomic mass is 32.1. The first-order chi connectivity index (χ1) is 8.26. The normalized spacial score (nSPS) is 13.4. The number of aromatic nitrogens is 2. The van der Waals surface area contributed by atoms with E-state index in [1.165, 1.54) is 0 Å². The predicted octanol–water partition coefficient (Wildman–Crippen LogP) is 0.801. The van der Waals surface area contributed by atoms with E-state index in [1.54, 1.807) is 18.4 Å². The lowest BCUT2D eigenvalue weighted by Crippen LogP contribution is -2.36. The molecule has 0 amide bonds. The summed E-state index contributed by atoms with van der Waals surface area (Å²) in [4.78, 5) is 5.48. The molecule has 0 saturated carbocycles. The maximum atomic E-state index is 9.17. The Morgan fingerprint density at radius 1 is 1.65 bits per heavy atom. The molecular formula is C11H17N3O2S. The highest BCUT2D eigenvalue weighted by Gasteiger charge is 2.12. The summed E-state index contributed by atoms with van der Waals surface area (Å²) < 4.78 is 7.10. The van der Waals surface area contributed by atoms with Crippen molar-refractivity contribution < 1.29 is 9.84 Å². The molecule has 0 bridgehead atoms. The van der Waals surface area contributed by atoms with Crippen LogP contribution in [0.4, 0.5) is 0 Å². The van der Waals surface area contributed by atoms with Crippen LogP contribution in [0.25, 0.3) is 4.96 Å². The number of rotatable bonds is 6. The average Bonchev–Trinajstić information content (AvgIpc) is 2.86. The topological polar surface area (TPSA) is 58.8 Å². The Kier molecular flexibility index (Phi) is 4.11. The third-order valence-corrected chi connectivity index (χ3v) is 3.46. The molecule has 0 aromatic carbocycles. The van der Waals surface area contributed by atoms with Crippen LogP contribution in [0, 0.1) is 6.92 Å². The lowest BCUT2D eigenvalue weighted by Gasteiger charge is -2.15. The van der Waals surface area contributed by atoms with Crippen LogP contribution in [0.1, 0.15) is 11.4 Å². The van der Waals surface area contributed by atoms with E-state index >= 15 is 0 Å². The predicted molar refractivity (Wildman–Crippen MR) is 67.4 cm³/mol. The van der Waals surface area contributed by atoms with Gasteiger partial charge in [0.25, 0.3) is 0 Å². The molecule has 2 N–H and O–H groups in total. The van der Waals surface area contributed by atoms with Gasteiger partial charge in [0.2, 0.25) is 0 Å². The Bertz CT molecular complexity index is 480. The van der Waals surface area contributed by atoms with Gasteiger partial charge in [-0.15, -0.1) is 11.3 Å². The maximum Gasteiger partial charge on any atom is 0.194 e. The summed E-state index contributed by atoms with van der Waals surface area (Å²) in [5, 5.41) is 14.4. The van der Waals surface area contributed by atoms with Gasteiger partial charge in [-0.25, -0.2) is 4.98 Å². The molecule has 2 aromatic heterocycles. The van der Waals surface area contributed by atoms with E-state index in [0.717, 1.165) is 16.3 Å². The van der Waals surface area contributed by atoms with Gasteiger partial charge < -0.3 is 15.2 Å². The molecule has 0 spiro atoms. The van der Waals surface area contributed by atoms with Crippen molar-refractivity contribution in [1.82, 2.24) is 14.7 Å². The molecular weight excluding hydrogens is 238 g/mol. The Balaban J connectivity index is 2.07. The molecule has 0 fully saturated rings. The number of methoxy groups -OCH3 is 1. The fourth-order valence-corrected chi connectivity index (χ4v) is 2.55. The van der Waals surface area contributed by atoms with Gasteiger partial charge in [0, 0.05) is 25.2 Å². The Morgan fingerprint density at radius 2 is 2.47 bits per heavy atom. The van der Waals surface area contributed by atoms with Gasteiger partial charge in [0.15, 0.2) is 4.96 Å². The first kappa shape index (κ1) is 12.5. The molecule has 1 atom stereocenters. The Labute approximate surface area is 104 Å². The number of hydrogen-bond acceptors (Lipinski definition) is 5. The summed E-state index contributed by atoms with van der Waals surface area (Å²) in [5.41, 5.74) is 2.16. The molecule has 0 aliphatic rings. The van der Waals surface area contributed by atoms with E-state index in [9.17, 15) is 0 Å². The summed E-state index contributed by atoms with van der Waals surface area (Å²) >= 11 is 1.62. The number of aliphatic hydroxyl groups excluding tert-OH is 1. The van der Waals surface area contributed by atoms with E-state index in [4.69, 9.17) is 9.84 Å². The highest BCUT2D eigenvalue weighted by Crippen LogP contribution is 2.16. The van der Waals surface area contributed by atoms with Gasteiger partial charge >= 0.3 is 0 Å². The molecule has 0 aliphatic carbocycles. The molecule has 0 saturated heterocycles. The lowest BCUT2D eigenvalue weighted by molar-refractivity contribution is 0.128. The zero-order chi connectivity index (χ0) is 12.3. The SMILES string of the molecule is COCC(CO)NCc1c(C)nc2sccn12. The van der Waals surface area contributed by atoms with Crippen LogP contribution < -0.4 is 5.32 Å². The smallest absolute Gasteiger partial charge is 0.194 e. The standard InChI is InChI=1S/C11H17N3O2S/c1-8-10(5-12-9(6-15)7-16-2)14-3-4-17-11(14)13-8/h3-4,9,12,15H,5-7H2,1-2H3. The van der Waals surface area contributed by atoms with Gasteiger partial charge in [0.1, 0.15) is 0 Å². The van der Waals surface area contributed by atoms with Crippen LogP contribution in [0.15, 0.2) is 11.6 Å². The van der Waals surface area contributed by atoms with Crippen LogP contribution in [-0.4, -0.2) is 40.9 Å². The van der Waals surface area contributed by atoms with E-state index < -0.39 is 0 Å². The Hall–Kier alpha value is -0.950. The number of fused-ring (bicyclic) bond motifs is 1. The monoisotopic (exact) mass is 255 g/mol. The first-order valence-electron chi connectivity index (χ1n) is 5.50. The Morgan fingerprint density at radius 3 is 3.18 bits per heavy atom. The zero-order valence-corrected chi connectivity index (χ0v) is 10.8. The van der Waals surface area contributed by atoms with Crippen LogP contribution in [0.3, 0.4) is 0 Å². The molecule has 2 rings (SSSR count). The fraction of sp³-hybridized carbons (Fsp3) is 0.545. The molecule has 0 radical (unpaired) electrons. The summed E-state index contributed by atoms with van der Waals surface area (Å²) in [7, 11) is 1.63. The number of nitrogens with one attached hydrogen (secondary N) is 1. The van der Waals surface area contributed by atoms with Crippen molar-refractivity contribution in [2.45, 2.75) is 19.5 Å². The fourth-order valence-electron chi connectivity index (χ4n) is 1.77. The van der Waals surface area contributed by atoms with Crippen molar-refractivity contribution in [2.75, 3.05) is 20.3 Å². The summed E-state index contributed by atoms with van der Waals surface area (Å²) in [6.45, 7) is 3.25. The van der Waals surface area contributed by atoms with Gasteiger partial charge in [-0.05, 0) is 6.92 Å². The van der Waals surface area contributed by atoms with Gasteiger partial charge in [-0.1, -0.05) is 0 Å². The largest absolute Gasteiger partial charge is 0.395 e. The van der Waals surface area contributed by atoms with Crippen LogP contribution >= 0.6 is 11.3 Å². The molecule has 94 valence electrons. The number of ether oxygens (including phenoxy) is 1. The molecule has 6 heteroatoms. The van der Waals surface area contributed by atoms with E-state index in [0.29, 0.717) is 13.2 Å².